The summed E-state index contributed by atoms with van der Waals surface area (Å²) in [6.07, 6.45) is 6.71. The molecule has 1 heterocycles. The van der Waals surface area contributed by atoms with E-state index in [9.17, 15) is 9.59 Å². The summed E-state index contributed by atoms with van der Waals surface area (Å²) in [7, 11) is 1.38. The van der Waals surface area contributed by atoms with Crippen molar-refractivity contribution in [3.63, 3.8) is 0 Å². The molecule has 1 amide bonds. The van der Waals surface area contributed by atoms with E-state index in [2.05, 4.69) is 22.1 Å². The third kappa shape index (κ3) is 5.59. The number of hydrogen-bond acceptors (Lipinski definition) is 6. The topological polar surface area (TPSA) is 80.8 Å². The third-order valence-electron chi connectivity index (χ3n) is 5.10. The third-order valence-corrected chi connectivity index (χ3v) is 5.10. The van der Waals surface area contributed by atoms with Gasteiger partial charge in [-0.15, -0.1) is 0 Å². The molecule has 1 fully saturated rings. The summed E-state index contributed by atoms with van der Waals surface area (Å²) in [4.78, 5) is 30.5. The van der Waals surface area contributed by atoms with Gasteiger partial charge >= 0.3 is 12.1 Å². The summed E-state index contributed by atoms with van der Waals surface area (Å²) < 4.78 is 10.2. The first-order valence-corrected chi connectivity index (χ1v) is 9.95. The van der Waals surface area contributed by atoms with Crippen molar-refractivity contribution in [2.75, 3.05) is 18.6 Å². The molecule has 0 aliphatic heterocycles. The molecule has 1 aliphatic carbocycles. The van der Waals surface area contributed by atoms with Gasteiger partial charge in [-0.3, -0.25) is 4.98 Å². The lowest BCUT2D eigenvalue weighted by Gasteiger charge is -2.38. The smallest absolute Gasteiger partial charge is 0.407 e. The predicted molar refractivity (Wildman–Crippen MR) is 109 cm³/mol. The molecule has 1 saturated carbocycles. The highest BCUT2D eigenvalue weighted by molar-refractivity contribution is 5.92. The number of amides is 1. The van der Waals surface area contributed by atoms with Crippen molar-refractivity contribution in [3.8, 4) is 0 Å². The van der Waals surface area contributed by atoms with Gasteiger partial charge in [0.05, 0.1) is 24.6 Å². The quantitative estimate of drug-likeness (QED) is 0.768. The monoisotopic (exact) mass is 391 g/mol. The Hall–Kier alpha value is -2.31. The van der Waals surface area contributed by atoms with Gasteiger partial charge in [0.25, 0.3) is 0 Å². The molecule has 156 valence electrons. The van der Waals surface area contributed by atoms with Crippen LogP contribution in [0.4, 0.5) is 10.5 Å². The van der Waals surface area contributed by atoms with Crippen molar-refractivity contribution in [3.05, 3.63) is 23.5 Å². The van der Waals surface area contributed by atoms with Crippen LogP contribution in [0.2, 0.25) is 0 Å². The number of esters is 1. The number of nitrogens with zero attached hydrogens (tertiary/aromatic N) is 2. The summed E-state index contributed by atoms with van der Waals surface area (Å²) >= 11 is 0. The van der Waals surface area contributed by atoms with Gasteiger partial charge < -0.3 is 19.7 Å². The molecule has 1 aromatic rings. The van der Waals surface area contributed by atoms with Crippen LogP contribution in [0.3, 0.4) is 0 Å². The van der Waals surface area contributed by atoms with E-state index in [-0.39, 0.29) is 18.1 Å². The van der Waals surface area contributed by atoms with Gasteiger partial charge in [0.1, 0.15) is 5.60 Å². The molecule has 1 aromatic heterocycles. The fraction of sp³-hybridized carbons (Fsp3) is 0.667. The van der Waals surface area contributed by atoms with Crippen LogP contribution >= 0.6 is 0 Å². The number of hydrogen-bond donors (Lipinski definition) is 1. The van der Waals surface area contributed by atoms with E-state index in [4.69, 9.17) is 9.47 Å². The Morgan fingerprint density at radius 2 is 1.86 bits per heavy atom. The van der Waals surface area contributed by atoms with Crippen LogP contribution in [0.1, 0.15) is 69.3 Å². The molecule has 0 radical (unpaired) electrons. The SMILES string of the molecule is CCN(c1cncc(C(=O)OC)c1C)C1CCC(NC(=O)OC(C)(C)C)CC1. The second-order valence-electron chi connectivity index (χ2n) is 8.26. The zero-order valence-electron chi connectivity index (χ0n) is 17.9. The van der Waals surface area contributed by atoms with Crippen LogP contribution < -0.4 is 10.2 Å². The number of methoxy groups -OCH3 is 1. The Balaban J connectivity index is 2.03. The van der Waals surface area contributed by atoms with Crippen LogP contribution in [0, 0.1) is 6.92 Å². The normalized spacial score (nSPS) is 19.6. The van der Waals surface area contributed by atoms with Crippen molar-refractivity contribution in [1.29, 1.82) is 0 Å². The van der Waals surface area contributed by atoms with Crippen LogP contribution in [0.5, 0.6) is 0 Å². The summed E-state index contributed by atoms with van der Waals surface area (Å²) in [6, 6.07) is 0.473. The maximum absolute atomic E-state index is 12.0. The number of pyridine rings is 1. The molecule has 1 aliphatic rings. The Morgan fingerprint density at radius 3 is 2.39 bits per heavy atom. The standard InChI is InChI=1S/C21H33N3O4/c1-7-24(18-13-22-12-17(14(18)2)19(25)27-6)16-10-8-15(9-11-16)23-20(26)28-21(3,4)5/h12-13,15-16H,7-11H2,1-6H3,(H,23,26). The summed E-state index contributed by atoms with van der Waals surface area (Å²) in [5.41, 5.74) is 1.86. The molecular weight excluding hydrogens is 358 g/mol. The maximum atomic E-state index is 12.0. The molecule has 0 bridgehead atoms. The number of carbonyl (C=O) groups excluding carboxylic acids is 2. The van der Waals surface area contributed by atoms with E-state index in [1.54, 1.807) is 6.20 Å². The van der Waals surface area contributed by atoms with Gasteiger partial charge in [-0.2, -0.15) is 0 Å². The molecule has 0 aromatic carbocycles. The maximum Gasteiger partial charge on any atom is 0.407 e. The first kappa shape index (κ1) is 22.0. The number of alkyl carbamates (subject to hydrolysis) is 1. The Morgan fingerprint density at radius 1 is 1.21 bits per heavy atom. The van der Waals surface area contributed by atoms with Gasteiger partial charge in [0, 0.05) is 24.8 Å². The number of nitrogens with one attached hydrogen (secondary N) is 1. The zero-order chi connectivity index (χ0) is 20.9. The van der Waals surface area contributed by atoms with Crippen LogP contribution in [0.25, 0.3) is 0 Å². The summed E-state index contributed by atoms with van der Waals surface area (Å²) in [5, 5.41) is 2.98. The van der Waals surface area contributed by atoms with Crippen LogP contribution in [-0.4, -0.2) is 48.4 Å². The van der Waals surface area contributed by atoms with E-state index in [0.29, 0.717) is 11.6 Å². The Bertz CT molecular complexity index is 691. The molecule has 0 saturated heterocycles. The molecule has 28 heavy (non-hydrogen) atoms. The second-order valence-corrected chi connectivity index (χ2v) is 8.26. The van der Waals surface area contributed by atoms with Crippen LogP contribution in [-0.2, 0) is 9.47 Å². The van der Waals surface area contributed by atoms with Gasteiger partial charge in [-0.05, 0) is 65.9 Å². The molecular formula is C21H33N3O4. The van der Waals surface area contributed by atoms with E-state index in [1.165, 1.54) is 7.11 Å². The second kappa shape index (κ2) is 9.26. The number of aromatic nitrogens is 1. The summed E-state index contributed by atoms with van der Waals surface area (Å²) in [6.45, 7) is 10.4. The van der Waals surface area contributed by atoms with Gasteiger partial charge in [0.2, 0.25) is 0 Å². The lowest BCUT2D eigenvalue weighted by atomic mass is 9.89. The minimum Gasteiger partial charge on any atom is -0.465 e. The van der Waals surface area contributed by atoms with Crippen molar-refractivity contribution < 1.29 is 19.1 Å². The van der Waals surface area contributed by atoms with Crippen molar-refractivity contribution in [2.45, 2.75) is 78.0 Å². The number of ether oxygens (including phenoxy) is 2. The average molecular weight is 392 g/mol. The largest absolute Gasteiger partial charge is 0.465 e. The Kier molecular flexibility index (Phi) is 7.27. The summed E-state index contributed by atoms with van der Waals surface area (Å²) in [5.74, 6) is -0.367. The van der Waals surface area contributed by atoms with Gasteiger partial charge in [-0.1, -0.05) is 0 Å². The minimum absolute atomic E-state index is 0.130. The minimum atomic E-state index is -0.491. The highest BCUT2D eigenvalue weighted by Gasteiger charge is 2.29. The first-order chi connectivity index (χ1) is 13.2. The van der Waals surface area contributed by atoms with Crippen molar-refractivity contribution in [2.24, 2.45) is 0 Å². The molecule has 1 N–H and O–H groups in total. The van der Waals surface area contributed by atoms with Crippen molar-refractivity contribution in [1.82, 2.24) is 10.3 Å². The Labute approximate surface area is 167 Å². The zero-order valence-corrected chi connectivity index (χ0v) is 17.9. The lowest BCUT2D eigenvalue weighted by Crippen LogP contribution is -2.45. The first-order valence-electron chi connectivity index (χ1n) is 9.95. The average Bonchev–Trinajstić information content (AvgIpc) is 2.62. The fourth-order valence-corrected chi connectivity index (χ4v) is 3.75. The molecule has 0 unspecified atom stereocenters. The number of carbonyl (C=O) groups is 2. The van der Waals surface area contributed by atoms with Gasteiger partial charge in [0.15, 0.2) is 0 Å². The van der Waals surface area contributed by atoms with Gasteiger partial charge in [-0.25, -0.2) is 9.59 Å². The number of anilines is 1. The molecule has 7 nitrogen and oxygen atoms in total. The van der Waals surface area contributed by atoms with E-state index >= 15 is 0 Å². The predicted octanol–water partition coefficient (Wildman–Crippen LogP) is 3.84. The number of rotatable bonds is 5. The van der Waals surface area contributed by atoms with E-state index in [0.717, 1.165) is 43.5 Å². The molecule has 0 atom stereocenters. The van der Waals surface area contributed by atoms with Crippen molar-refractivity contribution >= 4 is 17.7 Å². The fourth-order valence-electron chi connectivity index (χ4n) is 3.75. The van der Waals surface area contributed by atoms with E-state index < -0.39 is 5.60 Å². The van der Waals surface area contributed by atoms with Crippen LogP contribution in [0.15, 0.2) is 12.4 Å². The van der Waals surface area contributed by atoms with E-state index in [1.807, 2.05) is 33.9 Å². The molecule has 2 rings (SSSR count). The molecule has 7 heteroatoms. The molecule has 0 spiro atoms. The highest BCUT2D eigenvalue weighted by atomic mass is 16.6. The lowest BCUT2D eigenvalue weighted by molar-refractivity contribution is 0.0490. The highest BCUT2D eigenvalue weighted by Crippen LogP contribution is 2.30.